The van der Waals surface area contributed by atoms with Gasteiger partial charge in [0.2, 0.25) is 0 Å². The Kier molecular flexibility index (Phi) is 4.97. The number of urea groups is 1. The number of carboxylic acids is 1. The lowest BCUT2D eigenvalue weighted by Crippen LogP contribution is -2.51. The van der Waals surface area contributed by atoms with Crippen molar-refractivity contribution in [2.45, 2.75) is 19.4 Å². The number of hydrogen-bond acceptors (Lipinski definition) is 2. The van der Waals surface area contributed by atoms with Gasteiger partial charge in [0.1, 0.15) is 5.54 Å². The minimum absolute atomic E-state index is 0.560. The maximum atomic E-state index is 11.6. The third-order valence-electron chi connectivity index (χ3n) is 2.14. The van der Waals surface area contributed by atoms with Crippen molar-refractivity contribution in [1.82, 2.24) is 5.32 Å². The second kappa shape index (κ2) is 5.87. The third-order valence-corrected chi connectivity index (χ3v) is 4.48. The highest BCUT2D eigenvalue weighted by atomic mass is 127. The smallest absolute Gasteiger partial charge is 0.328 e. The van der Waals surface area contributed by atoms with Crippen molar-refractivity contribution in [2.24, 2.45) is 0 Å². The topological polar surface area (TPSA) is 78.4 Å². The van der Waals surface area contributed by atoms with Crippen LogP contribution in [0, 0.1) is 3.57 Å². The van der Waals surface area contributed by atoms with E-state index in [1.54, 1.807) is 12.1 Å². The molecule has 0 radical (unpaired) electrons. The standard InChI is InChI=1S/C11H12BrIN2O3/c1-11(2,9(16)17)15-10(18)14-6-3-4-8(13)7(12)5-6/h3-5H,1-2H3,(H,16,17)(H2,14,15,18). The van der Waals surface area contributed by atoms with E-state index in [0.29, 0.717) is 5.69 Å². The van der Waals surface area contributed by atoms with Crippen LogP contribution in [0.4, 0.5) is 10.5 Å². The van der Waals surface area contributed by atoms with Crippen LogP contribution in [0.15, 0.2) is 22.7 Å². The predicted molar refractivity (Wildman–Crippen MR) is 80.7 cm³/mol. The van der Waals surface area contributed by atoms with Gasteiger partial charge in [0.25, 0.3) is 0 Å². The summed E-state index contributed by atoms with van der Waals surface area (Å²) < 4.78 is 1.88. The number of benzene rings is 1. The molecule has 0 spiro atoms. The highest BCUT2D eigenvalue weighted by Gasteiger charge is 2.28. The Balaban J connectivity index is 2.71. The molecule has 0 aliphatic heterocycles. The monoisotopic (exact) mass is 426 g/mol. The summed E-state index contributed by atoms with van der Waals surface area (Å²) in [6.45, 7) is 2.83. The minimum atomic E-state index is -1.31. The van der Waals surface area contributed by atoms with Crippen LogP contribution in [-0.2, 0) is 4.79 Å². The SMILES string of the molecule is CC(C)(NC(=O)Nc1ccc(I)c(Br)c1)C(=O)O. The normalized spacial score (nSPS) is 10.9. The van der Waals surface area contributed by atoms with Crippen molar-refractivity contribution in [3.05, 3.63) is 26.2 Å². The molecular formula is C11H12BrIN2O3. The fourth-order valence-electron chi connectivity index (χ4n) is 1.07. The van der Waals surface area contributed by atoms with Crippen LogP contribution in [0.3, 0.4) is 0 Å². The minimum Gasteiger partial charge on any atom is -0.480 e. The molecule has 1 aromatic rings. The Bertz CT molecular complexity index is 491. The van der Waals surface area contributed by atoms with Crippen molar-refractivity contribution >= 4 is 56.2 Å². The first-order valence-corrected chi connectivity index (χ1v) is 6.87. The molecule has 0 aliphatic rings. The maximum Gasteiger partial charge on any atom is 0.328 e. The number of hydrogen-bond donors (Lipinski definition) is 3. The largest absolute Gasteiger partial charge is 0.480 e. The van der Waals surface area contributed by atoms with E-state index in [4.69, 9.17) is 5.11 Å². The number of carboxylic acid groups (broad SMARTS) is 1. The number of rotatable bonds is 3. The second-order valence-corrected chi connectivity index (χ2v) is 6.15. The molecule has 0 unspecified atom stereocenters. The fraction of sp³-hybridized carbons (Fsp3) is 0.273. The lowest BCUT2D eigenvalue weighted by molar-refractivity contribution is -0.142. The Hall–Kier alpha value is -0.830. The summed E-state index contributed by atoms with van der Waals surface area (Å²) in [6, 6.07) is 4.76. The average Bonchev–Trinajstić information content (AvgIpc) is 2.22. The van der Waals surface area contributed by atoms with Crippen LogP contribution in [-0.4, -0.2) is 22.6 Å². The molecule has 1 rings (SSSR count). The van der Waals surface area contributed by atoms with Gasteiger partial charge in [-0.1, -0.05) is 0 Å². The van der Waals surface area contributed by atoms with E-state index in [2.05, 4.69) is 49.2 Å². The molecule has 7 heteroatoms. The van der Waals surface area contributed by atoms with Gasteiger partial charge < -0.3 is 15.7 Å². The maximum absolute atomic E-state index is 11.6. The Morgan fingerprint density at radius 3 is 2.50 bits per heavy atom. The van der Waals surface area contributed by atoms with Crippen LogP contribution in [0.2, 0.25) is 0 Å². The lowest BCUT2D eigenvalue weighted by Gasteiger charge is -2.21. The molecule has 0 saturated heterocycles. The molecular weight excluding hydrogens is 415 g/mol. The summed E-state index contributed by atoms with van der Waals surface area (Å²) >= 11 is 5.50. The molecule has 0 atom stereocenters. The predicted octanol–water partition coefficient (Wildman–Crippen LogP) is 3.04. The van der Waals surface area contributed by atoms with Gasteiger partial charge in [-0.25, -0.2) is 9.59 Å². The zero-order valence-electron chi connectivity index (χ0n) is 9.75. The van der Waals surface area contributed by atoms with Crippen LogP contribution >= 0.6 is 38.5 Å². The first kappa shape index (κ1) is 15.2. The number of halogens is 2. The Morgan fingerprint density at radius 1 is 1.39 bits per heavy atom. The van der Waals surface area contributed by atoms with Crippen molar-refractivity contribution in [2.75, 3.05) is 5.32 Å². The third kappa shape index (κ3) is 4.13. The number of carbonyl (C=O) groups is 2. The van der Waals surface area contributed by atoms with Gasteiger partial charge in [0.15, 0.2) is 0 Å². The molecule has 0 aliphatic carbocycles. The summed E-state index contributed by atoms with van der Waals surface area (Å²) in [5.41, 5.74) is -0.731. The van der Waals surface area contributed by atoms with E-state index in [-0.39, 0.29) is 0 Å². The van der Waals surface area contributed by atoms with Gasteiger partial charge >= 0.3 is 12.0 Å². The highest BCUT2D eigenvalue weighted by molar-refractivity contribution is 14.1. The second-order valence-electron chi connectivity index (χ2n) is 4.14. The van der Waals surface area contributed by atoms with E-state index in [1.807, 2.05) is 6.07 Å². The molecule has 0 bridgehead atoms. The van der Waals surface area contributed by atoms with Crippen molar-refractivity contribution in [3.8, 4) is 0 Å². The number of anilines is 1. The van der Waals surface area contributed by atoms with Crippen LogP contribution in [0.5, 0.6) is 0 Å². The molecule has 3 N–H and O–H groups in total. The van der Waals surface area contributed by atoms with Gasteiger partial charge in [-0.15, -0.1) is 0 Å². The van der Waals surface area contributed by atoms with Crippen LogP contribution in [0.1, 0.15) is 13.8 Å². The Morgan fingerprint density at radius 2 is 2.00 bits per heavy atom. The molecule has 0 aromatic heterocycles. The molecule has 0 saturated carbocycles. The summed E-state index contributed by atoms with van der Waals surface area (Å²) in [5, 5.41) is 13.8. The van der Waals surface area contributed by atoms with E-state index in [0.717, 1.165) is 8.04 Å². The molecule has 0 heterocycles. The summed E-state index contributed by atoms with van der Waals surface area (Å²) in [6.07, 6.45) is 0. The molecule has 18 heavy (non-hydrogen) atoms. The van der Waals surface area contributed by atoms with Crippen molar-refractivity contribution in [1.29, 1.82) is 0 Å². The number of amides is 2. The van der Waals surface area contributed by atoms with Gasteiger partial charge in [-0.2, -0.15) is 0 Å². The van der Waals surface area contributed by atoms with Crippen LogP contribution < -0.4 is 10.6 Å². The summed E-state index contributed by atoms with van der Waals surface area (Å²) in [7, 11) is 0. The van der Waals surface area contributed by atoms with Gasteiger partial charge in [0.05, 0.1) is 0 Å². The number of aliphatic carboxylic acids is 1. The fourth-order valence-corrected chi connectivity index (χ4v) is 1.79. The van der Waals surface area contributed by atoms with E-state index in [1.165, 1.54) is 13.8 Å². The van der Waals surface area contributed by atoms with E-state index in [9.17, 15) is 9.59 Å². The summed E-state index contributed by atoms with van der Waals surface area (Å²) in [4.78, 5) is 22.5. The van der Waals surface area contributed by atoms with Gasteiger partial charge in [0, 0.05) is 13.7 Å². The number of nitrogens with one attached hydrogen (secondary N) is 2. The summed E-state index contributed by atoms with van der Waals surface area (Å²) in [5.74, 6) is -1.10. The molecule has 2 amide bonds. The average molecular weight is 427 g/mol. The lowest BCUT2D eigenvalue weighted by atomic mass is 10.1. The first-order valence-electron chi connectivity index (χ1n) is 5.00. The number of carbonyl (C=O) groups excluding carboxylic acids is 1. The zero-order chi connectivity index (χ0) is 13.9. The van der Waals surface area contributed by atoms with E-state index >= 15 is 0 Å². The molecule has 98 valence electrons. The van der Waals surface area contributed by atoms with Crippen molar-refractivity contribution < 1.29 is 14.7 Å². The zero-order valence-corrected chi connectivity index (χ0v) is 13.5. The Labute approximate surface area is 127 Å². The van der Waals surface area contributed by atoms with Gasteiger partial charge in [-0.3, -0.25) is 0 Å². The molecule has 1 aromatic carbocycles. The quantitative estimate of drug-likeness (QED) is 0.650. The molecule has 5 nitrogen and oxygen atoms in total. The van der Waals surface area contributed by atoms with E-state index < -0.39 is 17.5 Å². The van der Waals surface area contributed by atoms with Crippen molar-refractivity contribution in [3.63, 3.8) is 0 Å². The highest BCUT2D eigenvalue weighted by Crippen LogP contribution is 2.22. The van der Waals surface area contributed by atoms with Gasteiger partial charge in [-0.05, 0) is 70.6 Å². The molecule has 0 fully saturated rings. The van der Waals surface area contributed by atoms with Crippen LogP contribution in [0.25, 0.3) is 0 Å². The first-order chi connectivity index (χ1) is 8.22.